The largest absolute Gasteiger partial charge is 0.396 e. The van der Waals surface area contributed by atoms with Gasteiger partial charge in [0.25, 0.3) is 0 Å². The topological polar surface area (TPSA) is 32.3 Å². The van der Waals surface area contributed by atoms with Crippen molar-refractivity contribution in [3.8, 4) is 0 Å². The molecule has 1 aliphatic heterocycles. The van der Waals surface area contributed by atoms with Gasteiger partial charge in [0, 0.05) is 16.8 Å². The van der Waals surface area contributed by atoms with Crippen molar-refractivity contribution in [3.05, 3.63) is 21.3 Å². The third kappa shape index (κ3) is 2.11. The summed E-state index contributed by atoms with van der Waals surface area (Å²) in [7, 11) is 0. The molecule has 1 fully saturated rings. The minimum Gasteiger partial charge on any atom is -0.396 e. The molecule has 1 unspecified atom stereocenters. The van der Waals surface area contributed by atoms with Crippen LogP contribution in [0.1, 0.15) is 11.3 Å². The van der Waals surface area contributed by atoms with Crippen LogP contribution in [-0.2, 0) is 6.42 Å². The fraction of sp³-hybridized carbons (Fsp3) is 0.600. The van der Waals surface area contributed by atoms with Gasteiger partial charge in [-0.1, -0.05) is 11.6 Å². The Morgan fingerprint density at radius 3 is 2.93 bits per heavy atom. The van der Waals surface area contributed by atoms with Crippen LogP contribution in [0.15, 0.2) is 12.1 Å². The van der Waals surface area contributed by atoms with Crippen LogP contribution in [0.25, 0.3) is 0 Å². The lowest BCUT2D eigenvalue weighted by atomic mass is 9.84. The van der Waals surface area contributed by atoms with Gasteiger partial charge in [0.05, 0.1) is 10.9 Å². The molecule has 0 radical (unpaired) electrons. The number of aliphatic hydroxyl groups excluding tert-OH is 1. The van der Waals surface area contributed by atoms with Gasteiger partial charge in [-0.3, -0.25) is 0 Å². The number of aliphatic hydroxyl groups is 1. The monoisotopic (exact) mass is 231 g/mol. The van der Waals surface area contributed by atoms with E-state index < -0.39 is 0 Å². The van der Waals surface area contributed by atoms with Crippen molar-refractivity contribution in [2.24, 2.45) is 5.41 Å². The first kappa shape index (κ1) is 10.4. The van der Waals surface area contributed by atoms with Crippen LogP contribution < -0.4 is 5.32 Å². The molecule has 2 rings (SSSR count). The summed E-state index contributed by atoms with van der Waals surface area (Å²) < 4.78 is 0.832. The molecule has 1 aliphatic rings. The van der Waals surface area contributed by atoms with E-state index >= 15 is 0 Å². The normalized spacial score (nSPS) is 27.0. The van der Waals surface area contributed by atoms with Crippen molar-refractivity contribution in [2.45, 2.75) is 12.8 Å². The highest BCUT2D eigenvalue weighted by atomic mass is 35.5. The molecule has 0 aromatic carbocycles. The third-order valence-electron chi connectivity index (χ3n) is 2.85. The van der Waals surface area contributed by atoms with Crippen LogP contribution in [0.4, 0.5) is 0 Å². The lowest BCUT2D eigenvalue weighted by Crippen LogP contribution is -2.30. The minimum atomic E-state index is 0.0498. The molecule has 1 aromatic rings. The van der Waals surface area contributed by atoms with Crippen molar-refractivity contribution in [3.63, 3.8) is 0 Å². The van der Waals surface area contributed by atoms with E-state index in [0.717, 1.165) is 30.3 Å². The summed E-state index contributed by atoms with van der Waals surface area (Å²) in [6.45, 7) is 2.19. The zero-order valence-electron chi connectivity index (χ0n) is 7.92. The molecule has 1 aromatic heterocycles. The van der Waals surface area contributed by atoms with Gasteiger partial charge < -0.3 is 10.4 Å². The lowest BCUT2D eigenvalue weighted by Gasteiger charge is -2.24. The minimum absolute atomic E-state index is 0.0498. The molecular formula is C10H14ClNOS. The van der Waals surface area contributed by atoms with E-state index in [-0.39, 0.29) is 12.0 Å². The fourth-order valence-electron chi connectivity index (χ4n) is 1.95. The highest BCUT2D eigenvalue weighted by Gasteiger charge is 2.33. The number of nitrogens with one attached hydrogen (secondary N) is 1. The number of rotatable bonds is 3. The fourth-order valence-corrected chi connectivity index (χ4v) is 3.21. The summed E-state index contributed by atoms with van der Waals surface area (Å²) in [6.07, 6.45) is 1.99. The molecule has 2 heterocycles. The first-order valence-corrected chi connectivity index (χ1v) is 5.99. The summed E-state index contributed by atoms with van der Waals surface area (Å²) in [5, 5.41) is 12.7. The zero-order valence-corrected chi connectivity index (χ0v) is 9.50. The molecule has 0 spiro atoms. The van der Waals surface area contributed by atoms with E-state index in [1.54, 1.807) is 11.3 Å². The van der Waals surface area contributed by atoms with E-state index in [9.17, 15) is 5.11 Å². The molecule has 0 saturated carbocycles. The van der Waals surface area contributed by atoms with Crippen molar-refractivity contribution < 1.29 is 5.11 Å². The maximum Gasteiger partial charge on any atom is 0.0931 e. The number of halogens is 1. The summed E-state index contributed by atoms with van der Waals surface area (Å²) >= 11 is 7.49. The Bertz CT molecular complexity index is 307. The quantitative estimate of drug-likeness (QED) is 0.833. The van der Waals surface area contributed by atoms with E-state index in [1.165, 1.54) is 4.88 Å². The number of thiophene rings is 1. The summed E-state index contributed by atoms with van der Waals surface area (Å²) in [5.41, 5.74) is 0.0498. The molecule has 2 nitrogen and oxygen atoms in total. The van der Waals surface area contributed by atoms with Crippen molar-refractivity contribution in [2.75, 3.05) is 19.7 Å². The summed E-state index contributed by atoms with van der Waals surface area (Å²) in [6, 6.07) is 3.98. The zero-order chi connectivity index (χ0) is 10.0. The smallest absolute Gasteiger partial charge is 0.0931 e. The van der Waals surface area contributed by atoms with Gasteiger partial charge in [-0.25, -0.2) is 0 Å². The van der Waals surface area contributed by atoms with Gasteiger partial charge in [-0.15, -0.1) is 11.3 Å². The Morgan fingerprint density at radius 1 is 1.57 bits per heavy atom. The highest BCUT2D eigenvalue weighted by molar-refractivity contribution is 7.16. The van der Waals surface area contributed by atoms with Crippen LogP contribution in [0.2, 0.25) is 4.34 Å². The SMILES string of the molecule is OCC1(Cc2ccc(Cl)s2)CCNC1. The second kappa shape index (κ2) is 4.19. The van der Waals surface area contributed by atoms with E-state index in [0.29, 0.717) is 0 Å². The number of hydrogen-bond acceptors (Lipinski definition) is 3. The average molecular weight is 232 g/mol. The second-order valence-electron chi connectivity index (χ2n) is 3.97. The van der Waals surface area contributed by atoms with E-state index in [2.05, 4.69) is 11.4 Å². The van der Waals surface area contributed by atoms with Crippen LogP contribution in [0.5, 0.6) is 0 Å². The maximum absolute atomic E-state index is 9.42. The lowest BCUT2D eigenvalue weighted by molar-refractivity contribution is 0.143. The Labute approximate surface area is 92.9 Å². The van der Waals surface area contributed by atoms with Crippen LogP contribution in [0.3, 0.4) is 0 Å². The standard InChI is InChI=1S/C10H14ClNOS/c11-9-2-1-8(14-9)5-10(7-13)3-4-12-6-10/h1-2,12-13H,3-7H2. The van der Waals surface area contributed by atoms with Gasteiger partial charge in [0.15, 0.2) is 0 Å². The molecule has 0 bridgehead atoms. The first-order chi connectivity index (χ1) is 6.74. The maximum atomic E-state index is 9.42. The van der Waals surface area contributed by atoms with Gasteiger partial charge in [-0.05, 0) is 31.5 Å². The molecule has 2 N–H and O–H groups in total. The predicted octanol–water partition coefficient (Wildman–Crippen LogP) is 1.92. The van der Waals surface area contributed by atoms with E-state index in [1.807, 2.05) is 6.07 Å². The van der Waals surface area contributed by atoms with Gasteiger partial charge in [0.2, 0.25) is 0 Å². The molecule has 1 atom stereocenters. The Morgan fingerprint density at radius 2 is 2.43 bits per heavy atom. The van der Waals surface area contributed by atoms with Gasteiger partial charge >= 0.3 is 0 Å². The van der Waals surface area contributed by atoms with Crippen LogP contribution >= 0.6 is 22.9 Å². The predicted molar refractivity (Wildman–Crippen MR) is 60.0 cm³/mol. The average Bonchev–Trinajstić information content (AvgIpc) is 2.77. The number of hydrogen-bond donors (Lipinski definition) is 2. The van der Waals surface area contributed by atoms with Crippen molar-refractivity contribution in [1.82, 2.24) is 5.32 Å². The Kier molecular flexibility index (Phi) is 3.12. The third-order valence-corrected chi connectivity index (χ3v) is 4.08. The molecule has 0 aliphatic carbocycles. The first-order valence-electron chi connectivity index (χ1n) is 4.80. The Hall–Kier alpha value is -0.0900. The molecule has 1 saturated heterocycles. The summed E-state index contributed by atoms with van der Waals surface area (Å²) in [4.78, 5) is 1.27. The van der Waals surface area contributed by atoms with E-state index in [4.69, 9.17) is 11.6 Å². The van der Waals surface area contributed by atoms with Gasteiger partial charge in [-0.2, -0.15) is 0 Å². The highest BCUT2D eigenvalue weighted by Crippen LogP contribution is 2.33. The van der Waals surface area contributed by atoms with Gasteiger partial charge in [0.1, 0.15) is 0 Å². The van der Waals surface area contributed by atoms with Crippen molar-refractivity contribution >= 4 is 22.9 Å². The summed E-state index contributed by atoms with van der Waals surface area (Å²) in [5.74, 6) is 0. The Balaban J connectivity index is 2.08. The molecule has 0 amide bonds. The van der Waals surface area contributed by atoms with Crippen LogP contribution in [-0.4, -0.2) is 24.8 Å². The second-order valence-corrected chi connectivity index (χ2v) is 5.77. The molecule has 4 heteroatoms. The molecule has 14 heavy (non-hydrogen) atoms. The molecular weight excluding hydrogens is 218 g/mol. The van der Waals surface area contributed by atoms with Crippen LogP contribution in [0, 0.1) is 5.41 Å². The molecule has 78 valence electrons. The van der Waals surface area contributed by atoms with Crippen molar-refractivity contribution in [1.29, 1.82) is 0 Å².